The zero-order valence-electron chi connectivity index (χ0n) is 8.53. The summed E-state index contributed by atoms with van der Waals surface area (Å²) < 4.78 is 0. The molecule has 1 fully saturated rings. The molecule has 0 aromatic heterocycles. The van der Waals surface area contributed by atoms with Gasteiger partial charge in [0.05, 0.1) is 6.54 Å². The summed E-state index contributed by atoms with van der Waals surface area (Å²) in [4.78, 5) is 0. The fourth-order valence-electron chi connectivity index (χ4n) is 1.95. The third-order valence-electron chi connectivity index (χ3n) is 2.79. The van der Waals surface area contributed by atoms with Crippen LogP contribution in [0.3, 0.4) is 0 Å². The average molecular weight is 180 g/mol. The maximum atomic E-state index is 5.13. The Balaban J connectivity index is 2.02. The van der Waals surface area contributed by atoms with Crippen molar-refractivity contribution in [3.63, 3.8) is 0 Å². The Morgan fingerprint density at radius 2 is 2.00 bits per heavy atom. The van der Waals surface area contributed by atoms with Gasteiger partial charge in [-0.25, -0.2) is 0 Å². The lowest BCUT2D eigenvalue weighted by atomic mass is 10.0. The fraction of sp³-hybridized carbons (Fsp3) is 0.818. The summed E-state index contributed by atoms with van der Waals surface area (Å²) in [5.74, 6) is 2.57. The van der Waals surface area contributed by atoms with Crippen LogP contribution in [0.5, 0.6) is 0 Å². The summed E-state index contributed by atoms with van der Waals surface area (Å²) >= 11 is 0. The van der Waals surface area contributed by atoms with Crippen LogP contribution < -0.4 is 10.6 Å². The van der Waals surface area contributed by atoms with E-state index in [1.807, 2.05) is 0 Å². The lowest BCUT2D eigenvalue weighted by molar-refractivity contribution is 0.365. The normalized spacial score (nSPS) is 20.0. The molecular formula is C11H20N2. The monoisotopic (exact) mass is 180 g/mol. The molecule has 74 valence electrons. The maximum Gasteiger partial charge on any atom is 0.0574 e. The summed E-state index contributed by atoms with van der Waals surface area (Å²) in [5, 5.41) is 6.76. The van der Waals surface area contributed by atoms with Crippen molar-refractivity contribution < 1.29 is 0 Å². The highest BCUT2D eigenvalue weighted by molar-refractivity contribution is 4.89. The Morgan fingerprint density at radius 1 is 1.31 bits per heavy atom. The van der Waals surface area contributed by atoms with Gasteiger partial charge in [-0.2, -0.15) is 0 Å². The van der Waals surface area contributed by atoms with Gasteiger partial charge in [-0.1, -0.05) is 18.8 Å². The first-order valence-corrected chi connectivity index (χ1v) is 5.16. The molecule has 0 aromatic rings. The summed E-state index contributed by atoms with van der Waals surface area (Å²) in [6.45, 7) is 5.00. The van der Waals surface area contributed by atoms with Gasteiger partial charge in [0.1, 0.15) is 0 Å². The van der Waals surface area contributed by atoms with E-state index in [0.29, 0.717) is 12.1 Å². The minimum atomic E-state index is 0.401. The third kappa shape index (κ3) is 3.80. The molecular weight excluding hydrogens is 160 g/mol. The van der Waals surface area contributed by atoms with E-state index in [4.69, 9.17) is 6.42 Å². The standard InChI is InChI=1S/C11H20N2/c1-3-8-12-9-10-13-11(2)6-4-5-7-11/h1,12-13H,4-10H2,2H3. The fourth-order valence-corrected chi connectivity index (χ4v) is 1.95. The van der Waals surface area contributed by atoms with E-state index in [-0.39, 0.29) is 0 Å². The minimum absolute atomic E-state index is 0.401. The molecule has 0 aromatic carbocycles. The van der Waals surface area contributed by atoms with Gasteiger partial charge in [0, 0.05) is 18.6 Å². The highest BCUT2D eigenvalue weighted by Gasteiger charge is 2.26. The van der Waals surface area contributed by atoms with Crippen molar-refractivity contribution in [1.29, 1.82) is 0 Å². The van der Waals surface area contributed by atoms with Crippen LogP contribution in [0, 0.1) is 12.3 Å². The Bertz CT molecular complexity index is 175. The average Bonchev–Trinajstić information content (AvgIpc) is 2.53. The predicted octanol–water partition coefficient (Wildman–Crippen LogP) is 1.13. The molecule has 0 bridgehead atoms. The molecule has 2 nitrogen and oxygen atoms in total. The highest BCUT2D eigenvalue weighted by Crippen LogP contribution is 2.28. The number of terminal acetylenes is 1. The minimum Gasteiger partial charge on any atom is -0.310 e. The molecule has 2 heteroatoms. The van der Waals surface area contributed by atoms with Gasteiger partial charge < -0.3 is 10.6 Å². The first-order valence-electron chi connectivity index (χ1n) is 5.16. The molecule has 0 amide bonds. The topological polar surface area (TPSA) is 24.1 Å². The van der Waals surface area contributed by atoms with Crippen LogP contribution in [0.4, 0.5) is 0 Å². The first kappa shape index (κ1) is 10.6. The third-order valence-corrected chi connectivity index (χ3v) is 2.79. The maximum absolute atomic E-state index is 5.13. The second kappa shape index (κ2) is 5.26. The molecule has 0 heterocycles. The smallest absolute Gasteiger partial charge is 0.0574 e. The summed E-state index contributed by atoms with van der Waals surface area (Å²) in [6.07, 6.45) is 10.5. The number of nitrogens with one attached hydrogen (secondary N) is 2. The van der Waals surface area contributed by atoms with Crippen molar-refractivity contribution >= 4 is 0 Å². The van der Waals surface area contributed by atoms with Crippen LogP contribution in [0.25, 0.3) is 0 Å². The van der Waals surface area contributed by atoms with Crippen molar-refractivity contribution in [3.8, 4) is 12.3 Å². The van der Waals surface area contributed by atoms with Crippen molar-refractivity contribution in [2.45, 2.75) is 38.1 Å². The SMILES string of the molecule is C#CCNCCNC1(C)CCCC1. The van der Waals surface area contributed by atoms with Crippen LogP contribution >= 0.6 is 0 Å². The molecule has 1 saturated carbocycles. The zero-order valence-corrected chi connectivity index (χ0v) is 8.53. The van der Waals surface area contributed by atoms with Gasteiger partial charge in [0.2, 0.25) is 0 Å². The number of hydrogen-bond donors (Lipinski definition) is 2. The summed E-state index contributed by atoms with van der Waals surface area (Å²) in [6, 6.07) is 0. The van der Waals surface area contributed by atoms with E-state index < -0.39 is 0 Å². The molecule has 2 N–H and O–H groups in total. The summed E-state index contributed by atoms with van der Waals surface area (Å²) in [5.41, 5.74) is 0.401. The van der Waals surface area contributed by atoms with Gasteiger partial charge in [-0.15, -0.1) is 6.42 Å². The molecule has 13 heavy (non-hydrogen) atoms. The quantitative estimate of drug-likeness (QED) is 0.489. The van der Waals surface area contributed by atoms with E-state index >= 15 is 0 Å². The second-order valence-corrected chi connectivity index (χ2v) is 4.08. The van der Waals surface area contributed by atoms with Gasteiger partial charge in [0.15, 0.2) is 0 Å². The van der Waals surface area contributed by atoms with Crippen LogP contribution in [0.2, 0.25) is 0 Å². The molecule has 0 saturated heterocycles. The zero-order chi connectivity index (χ0) is 9.57. The Kier molecular flexibility index (Phi) is 4.27. The van der Waals surface area contributed by atoms with E-state index in [0.717, 1.165) is 13.1 Å². The lowest BCUT2D eigenvalue weighted by Crippen LogP contribution is -2.42. The molecule has 0 unspecified atom stereocenters. The van der Waals surface area contributed by atoms with Gasteiger partial charge >= 0.3 is 0 Å². The van der Waals surface area contributed by atoms with Crippen molar-refractivity contribution in [1.82, 2.24) is 10.6 Å². The van der Waals surface area contributed by atoms with Crippen LogP contribution in [0.15, 0.2) is 0 Å². The molecule has 0 spiro atoms. The Morgan fingerprint density at radius 3 is 2.62 bits per heavy atom. The molecule has 0 atom stereocenters. The molecule has 1 aliphatic carbocycles. The van der Waals surface area contributed by atoms with Crippen molar-refractivity contribution in [2.75, 3.05) is 19.6 Å². The molecule has 1 rings (SSSR count). The highest BCUT2D eigenvalue weighted by atomic mass is 15.0. The van der Waals surface area contributed by atoms with Crippen LogP contribution in [-0.4, -0.2) is 25.2 Å². The molecule has 0 radical (unpaired) electrons. The number of rotatable bonds is 5. The van der Waals surface area contributed by atoms with Gasteiger partial charge in [-0.3, -0.25) is 0 Å². The van der Waals surface area contributed by atoms with E-state index in [9.17, 15) is 0 Å². The number of hydrogen-bond acceptors (Lipinski definition) is 2. The molecule has 0 aliphatic heterocycles. The largest absolute Gasteiger partial charge is 0.310 e. The van der Waals surface area contributed by atoms with E-state index in [2.05, 4.69) is 23.5 Å². The van der Waals surface area contributed by atoms with Gasteiger partial charge in [-0.05, 0) is 19.8 Å². The van der Waals surface area contributed by atoms with Gasteiger partial charge in [0.25, 0.3) is 0 Å². The van der Waals surface area contributed by atoms with E-state index in [1.165, 1.54) is 25.7 Å². The lowest BCUT2D eigenvalue weighted by Gasteiger charge is -2.25. The summed E-state index contributed by atoms with van der Waals surface area (Å²) in [7, 11) is 0. The van der Waals surface area contributed by atoms with Crippen LogP contribution in [0.1, 0.15) is 32.6 Å². The van der Waals surface area contributed by atoms with E-state index in [1.54, 1.807) is 0 Å². The van der Waals surface area contributed by atoms with Crippen molar-refractivity contribution in [2.24, 2.45) is 0 Å². The molecule has 1 aliphatic rings. The van der Waals surface area contributed by atoms with Crippen LogP contribution in [-0.2, 0) is 0 Å². The predicted molar refractivity (Wildman–Crippen MR) is 56.6 cm³/mol. The Labute approximate surface area is 81.5 Å². The van der Waals surface area contributed by atoms with Crippen molar-refractivity contribution in [3.05, 3.63) is 0 Å². The first-order chi connectivity index (χ1) is 6.27. The Hall–Kier alpha value is -0.520. The second-order valence-electron chi connectivity index (χ2n) is 4.08.